The molecule has 0 amide bonds. The predicted molar refractivity (Wildman–Crippen MR) is 58.0 cm³/mol. The Kier molecular flexibility index (Phi) is 1.79. The van der Waals surface area contributed by atoms with E-state index in [0.29, 0.717) is 0 Å². The number of hydrogen-bond acceptors (Lipinski definition) is 1. The smallest absolute Gasteiger partial charge is 0.134 e. The van der Waals surface area contributed by atoms with Crippen LogP contribution in [0.5, 0.6) is 0 Å². The first-order valence-corrected chi connectivity index (χ1v) is 5.67. The summed E-state index contributed by atoms with van der Waals surface area (Å²) in [6.45, 7) is 2.15. The van der Waals surface area contributed by atoms with Gasteiger partial charge < -0.3 is 4.42 Å². The van der Waals surface area contributed by atoms with E-state index in [1.807, 2.05) is 0 Å². The van der Waals surface area contributed by atoms with Crippen molar-refractivity contribution >= 4 is 11.2 Å². The first-order chi connectivity index (χ1) is 6.84. The van der Waals surface area contributed by atoms with Crippen LogP contribution in [0, 0.1) is 6.92 Å². The van der Waals surface area contributed by atoms with Gasteiger partial charge in [-0.05, 0) is 43.4 Å². The molecule has 0 aromatic carbocycles. The van der Waals surface area contributed by atoms with Crippen LogP contribution in [0.4, 0.5) is 0 Å². The molecule has 1 aliphatic rings. The summed E-state index contributed by atoms with van der Waals surface area (Å²) in [5.41, 5.74) is 5.05. The molecular formula is C13H16O. The quantitative estimate of drug-likeness (QED) is 0.652. The van der Waals surface area contributed by atoms with Gasteiger partial charge in [-0.1, -0.05) is 19.3 Å². The molecule has 1 heteroatoms. The number of fused-ring (bicyclic) bond motifs is 2. The fraction of sp³-hybridized carbons (Fsp3) is 0.538. The van der Waals surface area contributed by atoms with Gasteiger partial charge >= 0.3 is 0 Å². The molecule has 0 atom stereocenters. The molecule has 14 heavy (non-hydrogen) atoms. The van der Waals surface area contributed by atoms with E-state index in [4.69, 9.17) is 4.42 Å². The summed E-state index contributed by atoms with van der Waals surface area (Å²) in [7, 11) is 0. The Morgan fingerprint density at radius 1 is 1.14 bits per heavy atom. The van der Waals surface area contributed by atoms with Crippen molar-refractivity contribution in [2.75, 3.05) is 0 Å². The summed E-state index contributed by atoms with van der Waals surface area (Å²) in [6, 6.07) is 4.39. The summed E-state index contributed by atoms with van der Waals surface area (Å²) in [6.07, 6.45) is 6.94. The average Bonchev–Trinajstić information content (AvgIpc) is 2.77. The topological polar surface area (TPSA) is 13.1 Å². The zero-order valence-corrected chi connectivity index (χ0v) is 8.68. The van der Waals surface area contributed by atoms with Gasteiger partial charge in [-0.25, -0.2) is 0 Å². The third kappa shape index (κ3) is 1.15. The van der Waals surface area contributed by atoms with E-state index >= 15 is 0 Å². The number of benzene rings is 1. The normalized spacial score (nSPS) is 19.5. The first kappa shape index (κ1) is 8.34. The van der Waals surface area contributed by atoms with E-state index in [0.717, 1.165) is 11.5 Å². The molecule has 0 saturated heterocycles. The highest BCUT2D eigenvalue weighted by Gasteiger charge is 2.21. The molecule has 3 rings (SSSR count). The van der Waals surface area contributed by atoms with Gasteiger partial charge in [-0.15, -0.1) is 0 Å². The van der Waals surface area contributed by atoms with E-state index in [1.165, 1.54) is 48.8 Å². The van der Waals surface area contributed by atoms with E-state index in [9.17, 15) is 0 Å². The second-order valence-electron chi connectivity index (χ2n) is 4.60. The lowest BCUT2D eigenvalue weighted by Crippen LogP contribution is -2.04. The largest absolute Gasteiger partial charge is 0.457 e. The summed E-state index contributed by atoms with van der Waals surface area (Å²) >= 11 is 0. The number of hydrogen-bond donors (Lipinski definition) is 0. The molecule has 1 fully saturated rings. The average molecular weight is 188 g/mol. The van der Waals surface area contributed by atoms with E-state index in [-0.39, 0.29) is 0 Å². The Morgan fingerprint density at radius 2 is 1.93 bits per heavy atom. The lowest BCUT2D eigenvalue weighted by Gasteiger charge is -2.20. The summed E-state index contributed by atoms with van der Waals surface area (Å²) in [5, 5.41) is 0. The molecule has 1 nitrogen and oxygen atoms in total. The summed E-state index contributed by atoms with van der Waals surface area (Å²) in [4.78, 5) is 0. The van der Waals surface area contributed by atoms with Crippen molar-refractivity contribution in [3.05, 3.63) is 23.3 Å². The molecule has 2 aromatic heterocycles. The monoisotopic (exact) mass is 188 g/mol. The molecule has 2 aromatic rings. The van der Waals surface area contributed by atoms with Crippen molar-refractivity contribution in [2.45, 2.75) is 44.9 Å². The second kappa shape index (κ2) is 3.01. The second-order valence-corrected chi connectivity index (χ2v) is 4.60. The molecule has 74 valence electrons. The first-order valence-electron chi connectivity index (χ1n) is 5.67. The van der Waals surface area contributed by atoms with Gasteiger partial charge in [-0.2, -0.15) is 0 Å². The Hall–Kier alpha value is -0.980. The molecule has 2 bridgehead atoms. The van der Waals surface area contributed by atoms with Crippen LogP contribution in [0.15, 0.2) is 16.5 Å². The molecular weight excluding hydrogens is 172 g/mol. The zero-order valence-electron chi connectivity index (χ0n) is 8.68. The van der Waals surface area contributed by atoms with Crippen molar-refractivity contribution in [2.24, 2.45) is 0 Å². The van der Waals surface area contributed by atoms with Crippen LogP contribution in [0.1, 0.15) is 49.1 Å². The minimum Gasteiger partial charge on any atom is -0.457 e. The third-order valence-electron chi connectivity index (χ3n) is 3.54. The lowest BCUT2D eigenvalue weighted by atomic mass is 9.84. The summed E-state index contributed by atoms with van der Waals surface area (Å²) in [5.74, 6) is 0.778. The third-order valence-corrected chi connectivity index (χ3v) is 3.54. The molecule has 0 N–H and O–H groups in total. The lowest BCUT2D eigenvalue weighted by molar-refractivity contribution is 0.444. The highest BCUT2D eigenvalue weighted by Crippen LogP contribution is 2.39. The molecule has 1 saturated carbocycles. The van der Waals surface area contributed by atoms with Crippen LogP contribution in [-0.2, 0) is 0 Å². The maximum Gasteiger partial charge on any atom is 0.134 e. The van der Waals surface area contributed by atoms with Crippen LogP contribution in [0.2, 0.25) is 0 Å². The van der Waals surface area contributed by atoms with Crippen LogP contribution in [0.25, 0.3) is 11.2 Å². The standard InChI is InChI=1S/C13H16O/c1-9-7-11-8-12(13(9)14-11)10-5-3-2-4-6-10/h7-8,10H,2-6H2,1H3. The maximum atomic E-state index is 5.70. The van der Waals surface area contributed by atoms with Crippen molar-refractivity contribution in [1.29, 1.82) is 0 Å². The van der Waals surface area contributed by atoms with Crippen LogP contribution in [-0.4, -0.2) is 0 Å². The molecule has 0 radical (unpaired) electrons. The highest BCUT2D eigenvalue weighted by atomic mass is 16.3. The Bertz CT molecular complexity index is 421. The zero-order chi connectivity index (χ0) is 9.54. The molecule has 1 aliphatic carbocycles. The highest BCUT2D eigenvalue weighted by molar-refractivity contribution is 5.71. The molecule has 0 aliphatic heterocycles. The van der Waals surface area contributed by atoms with Crippen LogP contribution >= 0.6 is 0 Å². The van der Waals surface area contributed by atoms with Crippen molar-refractivity contribution in [3.63, 3.8) is 0 Å². The van der Waals surface area contributed by atoms with Crippen molar-refractivity contribution < 1.29 is 4.42 Å². The van der Waals surface area contributed by atoms with Crippen molar-refractivity contribution in [3.8, 4) is 0 Å². The van der Waals surface area contributed by atoms with Crippen LogP contribution in [0.3, 0.4) is 0 Å². The van der Waals surface area contributed by atoms with Gasteiger partial charge in [0.15, 0.2) is 0 Å². The fourth-order valence-electron chi connectivity index (χ4n) is 2.80. The fourth-order valence-corrected chi connectivity index (χ4v) is 2.80. The Morgan fingerprint density at radius 3 is 2.57 bits per heavy atom. The van der Waals surface area contributed by atoms with Gasteiger partial charge in [0.25, 0.3) is 0 Å². The van der Waals surface area contributed by atoms with E-state index < -0.39 is 0 Å². The minimum atomic E-state index is 0.778. The van der Waals surface area contributed by atoms with Gasteiger partial charge in [-0.3, -0.25) is 0 Å². The SMILES string of the molecule is Cc1cc2cc(C3CCCCC3)c1o2. The molecule has 0 spiro atoms. The Labute approximate surface area is 84.4 Å². The van der Waals surface area contributed by atoms with Gasteiger partial charge in [0.1, 0.15) is 11.2 Å². The Balaban J connectivity index is 1.98. The predicted octanol–water partition coefficient (Wildman–Crippen LogP) is 4.23. The molecule has 0 unspecified atom stereocenters. The van der Waals surface area contributed by atoms with Crippen LogP contribution < -0.4 is 0 Å². The van der Waals surface area contributed by atoms with E-state index in [2.05, 4.69) is 19.1 Å². The number of furan rings is 2. The van der Waals surface area contributed by atoms with Gasteiger partial charge in [0, 0.05) is 5.56 Å². The number of rotatable bonds is 1. The van der Waals surface area contributed by atoms with E-state index in [1.54, 1.807) is 0 Å². The molecule has 2 heterocycles. The van der Waals surface area contributed by atoms with Gasteiger partial charge in [0.2, 0.25) is 0 Å². The summed E-state index contributed by atoms with van der Waals surface area (Å²) < 4.78 is 5.70. The maximum absolute atomic E-state index is 5.70. The minimum absolute atomic E-state index is 0.778. The van der Waals surface area contributed by atoms with Crippen molar-refractivity contribution in [1.82, 2.24) is 0 Å². The van der Waals surface area contributed by atoms with Gasteiger partial charge in [0.05, 0.1) is 0 Å². The number of aryl methyl sites for hydroxylation is 1.